The highest BCUT2D eigenvalue weighted by Gasteiger charge is 2.24. The van der Waals surface area contributed by atoms with Gasteiger partial charge in [-0.1, -0.05) is 45.2 Å². The Morgan fingerprint density at radius 3 is 2.53 bits per heavy atom. The van der Waals surface area contributed by atoms with Gasteiger partial charge in [0.25, 0.3) is 0 Å². The Labute approximate surface area is 122 Å². The van der Waals surface area contributed by atoms with Crippen molar-refractivity contribution in [3.8, 4) is 0 Å². The maximum absolute atomic E-state index is 3.37. The summed E-state index contributed by atoms with van der Waals surface area (Å²) in [4.78, 5) is 1.45. The van der Waals surface area contributed by atoms with Gasteiger partial charge in [0.1, 0.15) is 0 Å². The molecule has 19 heavy (non-hydrogen) atoms. The van der Waals surface area contributed by atoms with E-state index in [9.17, 15) is 0 Å². The Morgan fingerprint density at radius 2 is 1.84 bits per heavy atom. The van der Waals surface area contributed by atoms with E-state index >= 15 is 0 Å². The largest absolute Gasteiger partial charge is 0.313 e. The van der Waals surface area contributed by atoms with Crippen LogP contribution in [0.15, 0.2) is 29.2 Å². The highest BCUT2D eigenvalue weighted by atomic mass is 32.2. The second-order valence-electron chi connectivity index (χ2n) is 5.53. The fourth-order valence-corrected chi connectivity index (χ4v) is 4.37. The van der Waals surface area contributed by atoms with Crippen molar-refractivity contribution in [1.29, 1.82) is 0 Å². The molecule has 0 heterocycles. The van der Waals surface area contributed by atoms with Crippen LogP contribution in [0.4, 0.5) is 0 Å². The molecule has 0 aromatic heterocycles. The SMILES string of the molecule is CCNCc1ccc(SC2CCCCC2CC)cc1. The van der Waals surface area contributed by atoms with Crippen LogP contribution in [0.3, 0.4) is 0 Å². The van der Waals surface area contributed by atoms with Crippen molar-refractivity contribution < 1.29 is 0 Å². The third kappa shape index (κ3) is 4.54. The quantitative estimate of drug-likeness (QED) is 0.797. The molecule has 106 valence electrons. The average Bonchev–Trinajstić information content (AvgIpc) is 2.47. The van der Waals surface area contributed by atoms with E-state index in [0.717, 1.165) is 24.3 Å². The van der Waals surface area contributed by atoms with Gasteiger partial charge in [-0.15, -0.1) is 11.8 Å². The van der Waals surface area contributed by atoms with E-state index in [4.69, 9.17) is 0 Å². The maximum atomic E-state index is 3.37. The summed E-state index contributed by atoms with van der Waals surface area (Å²) in [5.41, 5.74) is 1.39. The van der Waals surface area contributed by atoms with E-state index in [2.05, 4.69) is 55.2 Å². The highest BCUT2D eigenvalue weighted by Crippen LogP contribution is 2.38. The number of hydrogen-bond donors (Lipinski definition) is 1. The lowest BCUT2D eigenvalue weighted by atomic mass is 9.87. The van der Waals surface area contributed by atoms with Crippen LogP contribution in [0.5, 0.6) is 0 Å². The second kappa shape index (κ2) is 7.96. The van der Waals surface area contributed by atoms with E-state index in [1.54, 1.807) is 0 Å². The predicted octanol–water partition coefficient (Wildman–Crippen LogP) is 4.86. The minimum absolute atomic E-state index is 0.846. The summed E-state index contributed by atoms with van der Waals surface area (Å²) in [6, 6.07) is 9.15. The topological polar surface area (TPSA) is 12.0 Å². The van der Waals surface area contributed by atoms with Gasteiger partial charge in [0.15, 0.2) is 0 Å². The van der Waals surface area contributed by atoms with Crippen LogP contribution in [0, 0.1) is 5.92 Å². The van der Waals surface area contributed by atoms with E-state index in [1.807, 2.05) is 0 Å². The lowest BCUT2D eigenvalue weighted by Crippen LogP contribution is -2.21. The minimum atomic E-state index is 0.846. The normalized spacial score (nSPS) is 23.5. The maximum Gasteiger partial charge on any atom is 0.0205 e. The summed E-state index contributed by atoms with van der Waals surface area (Å²) in [5.74, 6) is 0.931. The first-order valence-electron chi connectivity index (χ1n) is 7.79. The molecule has 2 heteroatoms. The molecule has 2 rings (SSSR count). The Kier molecular flexibility index (Phi) is 6.25. The predicted molar refractivity (Wildman–Crippen MR) is 85.7 cm³/mol. The van der Waals surface area contributed by atoms with E-state index in [0.29, 0.717) is 0 Å². The molecule has 1 N–H and O–H groups in total. The zero-order valence-electron chi connectivity index (χ0n) is 12.3. The molecule has 2 atom stereocenters. The Bertz CT molecular complexity index is 360. The Balaban J connectivity index is 1.90. The summed E-state index contributed by atoms with van der Waals surface area (Å²) in [6.07, 6.45) is 7.05. The first-order chi connectivity index (χ1) is 9.33. The number of benzene rings is 1. The van der Waals surface area contributed by atoms with Crippen LogP contribution < -0.4 is 5.32 Å². The fraction of sp³-hybridized carbons (Fsp3) is 0.647. The summed E-state index contributed by atoms with van der Waals surface area (Å²) in [5, 5.41) is 4.22. The number of rotatable bonds is 6. The van der Waals surface area contributed by atoms with Gasteiger partial charge in [-0.25, -0.2) is 0 Å². The van der Waals surface area contributed by atoms with Gasteiger partial charge in [-0.3, -0.25) is 0 Å². The molecule has 1 aromatic carbocycles. The number of nitrogens with one attached hydrogen (secondary N) is 1. The molecular formula is C17H27NS. The van der Waals surface area contributed by atoms with Crippen molar-refractivity contribution in [2.45, 2.75) is 62.6 Å². The van der Waals surface area contributed by atoms with Crippen LogP contribution in [0.1, 0.15) is 51.5 Å². The zero-order valence-corrected chi connectivity index (χ0v) is 13.1. The van der Waals surface area contributed by atoms with Crippen molar-refractivity contribution >= 4 is 11.8 Å². The third-order valence-electron chi connectivity index (χ3n) is 4.15. The summed E-state index contributed by atoms with van der Waals surface area (Å²) in [6.45, 7) is 6.53. The zero-order chi connectivity index (χ0) is 13.5. The Hall–Kier alpha value is -0.470. The molecule has 1 fully saturated rings. The lowest BCUT2D eigenvalue weighted by Gasteiger charge is -2.30. The standard InChI is InChI=1S/C17H27NS/c1-3-15-7-5-6-8-17(15)19-16-11-9-14(10-12-16)13-18-4-2/h9-12,15,17-18H,3-8,13H2,1-2H3. The number of thioether (sulfide) groups is 1. The van der Waals surface area contributed by atoms with Crippen molar-refractivity contribution in [2.24, 2.45) is 5.92 Å². The monoisotopic (exact) mass is 277 g/mol. The molecule has 1 aliphatic rings. The Morgan fingerprint density at radius 1 is 1.11 bits per heavy atom. The smallest absolute Gasteiger partial charge is 0.0205 e. The van der Waals surface area contributed by atoms with E-state index in [-0.39, 0.29) is 0 Å². The second-order valence-corrected chi connectivity index (χ2v) is 6.85. The van der Waals surface area contributed by atoms with E-state index < -0.39 is 0 Å². The molecule has 0 aliphatic heterocycles. The van der Waals surface area contributed by atoms with Gasteiger partial charge in [0.2, 0.25) is 0 Å². The first-order valence-corrected chi connectivity index (χ1v) is 8.67. The molecule has 1 aromatic rings. The van der Waals surface area contributed by atoms with Crippen LogP contribution in [0.2, 0.25) is 0 Å². The molecule has 1 saturated carbocycles. The molecule has 1 nitrogen and oxygen atoms in total. The van der Waals surface area contributed by atoms with Crippen molar-refractivity contribution in [1.82, 2.24) is 5.32 Å². The van der Waals surface area contributed by atoms with Crippen molar-refractivity contribution in [3.63, 3.8) is 0 Å². The fourth-order valence-electron chi connectivity index (χ4n) is 2.93. The van der Waals surface area contributed by atoms with Gasteiger partial charge < -0.3 is 5.32 Å². The van der Waals surface area contributed by atoms with Crippen LogP contribution in [0.25, 0.3) is 0 Å². The van der Waals surface area contributed by atoms with Crippen LogP contribution >= 0.6 is 11.8 Å². The molecule has 0 amide bonds. The van der Waals surface area contributed by atoms with Crippen molar-refractivity contribution in [3.05, 3.63) is 29.8 Å². The molecule has 0 spiro atoms. The molecule has 0 saturated heterocycles. The van der Waals surface area contributed by atoms with Crippen LogP contribution in [-0.4, -0.2) is 11.8 Å². The van der Waals surface area contributed by atoms with E-state index in [1.165, 1.54) is 42.6 Å². The van der Waals surface area contributed by atoms with Gasteiger partial charge in [-0.2, -0.15) is 0 Å². The number of hydrogen-bond acceptors (Lipinski definition) is 2. The molecule has 0 radical (unpaired) electrons. The molecule has 1 aliphatic carbocycles. The first kappa shape index (κ1) is 14.9. The summed E-state index contributed by atoms with van der Waals surface area (Å²) in [7, 11) is 0. The summed E-state index contributed by atoms with van der Waals surface area (Å²) >= 11 is 2.11. The summed E-state index contributed by atoms with van der Waals surface area (Å²) < 4.78 is 0. The van der Waals surface area contributed by atoms with Gasteiger partial charge in [0.05, 0.1) is 0 Å². The minimum Gasteiger partial charge on any atom is -0.313 e. The molecule has 2 unspecified atom stereocenters. The highest BCUT2D eigenvalue weighted by molar-refractivity contribution is 8.00. The van der Waals surface area contributed by atoms with Gasteiger partial charge in [-0.05, 0) is 43.0 Å². The molecule has 0 bridgehead atoms. The third-order valence-corrected chi connectivity index (χ3v) is 5.62. The molecular weight excluding hydrogens is 250 g/mol. The van der Waals surface area contributed by atoms with Crippen LogP contribution in [-0.2, 0) is 6.54 Å². The van der Waals surface area contributed by atoms with Gasteiger partial charge in [0, 0.05) is 16.7 Å². The van der Waals surface area contributed by atoms with Crippen molar-refractivity contribution in [2.75, 3.05) is 6.54 Å². The average molecular weight is 277 g/mol. The lowest BCUT2D eigenvalue weighted by molar-refractivity contribution is 0.361. The van der Waals surface area contributed by atoms with Gasteiger partial charge >= 0.3 is 0 Å².